The van der Waals surface area contributed by atoms with Gasteiger partial charge in [0.05, 0.1) is 0 Å². The van der Waals surface area contributed by atoms with Gasteiger partial charge in [0.25, 0.3) is 0 Å². The number of fused-ring (bicyclic) bond motifs is 2. The zero-order chi connectivity index (χ0) is 18.9. The van der Waals surface area contributed by atoms with E-state index in [1.54, 1.807) is 0 Å². The van der Waals surface area contributed by atoms with E-state index in [9.17, 15) is 4.79 Å². The van der Waals surface area contributed by atoms with E-state index in [-0.39, 0.29) is 5.78 Å². The quantitative estimate of drug-likeness (QED) is 0.372. The van der Waals surface area contributed by atoms with Gasteiger partial charge in [-0.1, -0.05) is 79.9 Å². The van der Waals surface area contributed by atoms with Crippen molar-refractivity contribution in [1.82, 2.24) is 4.57 Å². The molecule has 0 amide bonds. The van der Waals surface area contributed by atoms with E-state index in [0.717, 1.165) is 39.7 Å². The predicted octanol–water partition coefficient (Wildman–Crippen LogP) is 6.61. The summed E-state index contributed by atoms with van der Waals surface area (Å²) in [5, 5.41) is 3.20. The molecule has 1 saturated carbocycles. The van der Waals surface area contributed by atoms with Crippen LogP contribution >= 0.6 is 0 Å². The smallest absolute Gasteiger partial charge is 0.195 e. The van der Waals surface area contributed by atoms with Crippen molar-refractivity contribution >= 4 is 27.5 Å². The predicted molar refractivity (Wildman–Crippen MR) is 116 cm³/mol. The van der Waals surface area contributed by atoms with Crippen LogP contribution in [0.25, 0.3) is 21.7 Å². The summed E-state index contributed by atoms with van der Waals surface area (Å²) < 4.78 is 2.32. The number of aromatic nitrogens is 1. The Balaban J connectivity index is 1.59. The maximum Gasteiger partial charge on any atom is 0.195 e. The van der Waals surface area contributed by atoms with Crippen LogP contribution in [0, 0.1) is 5.92 Å². The highest BCUT2D eigenvalue weighted by Crippen LogP contribution is 2.30. The second-order valence-electron chi connectivity index (χ2n) is 8.07. The first-order valence-electron chi connectivity index (χ1n) is 10.4. The number of para-hydroxylation sites is 1. The number of carbonyl (C=O) groups is 1. The van der Waals surface area contributed by atoms with Gasteiger partial charge >= 0.3 is 0 Å². The molecule has 3 aromatic carbocycles. The number of rotatable bonds is 4. The van der Waals surface area contributed by atoms with Crippen LogP contribution in [0.5, 0.6) is 0 Å². The van der Waals surface area contributed by atoms with Crippen LogP contribution in [0.15, 0.2) is 72.9 Å². The van der Waals surface area contributed by atoms with Crippen LogP contribution in [-0.2, 0) is 6.54 Å². The van der Waals surface area contributed by atoms with Crippen molar-refractivity contribution in [1.29, 1.82) is 0 Å². The minimum atomic E-state index is 0.121. The van der Waals surface area contributed by atoms with Gasteiger partial charge in [-0.3, -0.25) is 4.79 Å². The van der Waals surface area contributed by atoms with Crippen molar-refractivity contribution in [2.24, 2.45) is 5.92 Å². The van der Waals surface area contributed by atoms with Gasteiger partial charge in [-0.2, -0.15) is 0 Å². The van der Waals surface area contributed by atoms with Gasteiger partial charge in [0.2, 0.25) is 0 Å². The Bertz CT molecular complexity index is 1140. The average molecular weight is 367 g/mol. The molecule has 5 rings (SSSR count). The molecule has 0 atom stereocenters. The number of benzene rings is 3. The average Bonchev–Trinajstić information content (AvgIpc) is 3.12. The number of carbonyl (C=O) groups excluding carboxylic acids is 1. The van der Waals surface area contributed by atoms with Crippen LogP contribution in [0.4, 0.5) is 0 Å². The van der Waals surface area contributed by atoms with Gasteiger partial charge < -0.3 is 4.57 Å². The van der Waals surface area contributed by atoms with Crippen LogP contribution in [0.3, 0.4) is 0 Å². The van der Waals surface area contributed by atoms with E-state index in [0.29, 0.717) is 0 Å². The maximum atomic E-state index is 13.6. The lowest BCUT2D eigenvalue weighted by Gasteiger charge is -2.22. The molecule has 28 heavy (non-hydrogen) atoms. The fourth-order valence-corrected chi connectivity index (χ4v) is 4.80. The lowest BCUT2D eigenvalue weighted by atomic mass is 9.89. The van der Waals surface area contributed by atoms with Crippen LogP contribution in [0.1, 0.15) is 48.0 Å². The van der Waals surface area contributed by atoms with Crippen LogP contribution in [0.2, 0.25) is 0 Å². The molecule has 0 aliphatic heterocycles. The summed E-state index contributed by atoms with van der Waals surface area (Å²) in [5.41, 5.74) is 2.79. The zero-order valence-corrected chi connectivity index (χ0v) is 16.1. The van der Waals surface area contributed by atoms with Gasteiger partial charge in [0.1, 0.15) is 0 Å². The third-order valence-electron chi connectivity index (χ3n) is 6.25. The lowest BCUT2D eigenvalue weighted by Crippen LogP contribution is -2.13. The molecular weight excluding hydrogens is 342 g/mol. The molecular formula is C26H25NO. The molecule has 0 bridgehead atoms. The van der Waals surface area contributed by atoms with Crippen molar-refractivity contribution in [3.8, 4) is 0 Å². The summed E-state index contributed by atoms with van der Waals surface area (Å²) in [6.45, 7) is 1.02. The van der Waals surface area contributed by atoms with E-state index in [1.807, 2.05) is 36.4 Å². The lowest BCUT2D eigenvalue weighted by molar-refractivity contribution is 0.104. The molecule has 2 heteroatoms. The summed E-state index contributed by atoms with van der Waals surface area (Å²) in [6, 6.07) is 22.5. The molecule has 1 aliphatic rings. The fourth-order valence-electron chi connectivity index (χ4n) is 4.80. The largest absolute Gasteiger partial charge is 0.346 e. The van der Waals surface area contributed by atoms with E-state index >= 15 is 0 Å². The fraction of sp³-hybridized carbons (Fsp3) is 0.269. The molecule has 1 aromatic heterocycles. The second kappa shape index (κ2) is 7.27. The van der Waals surface area contributed by atoms with Crippen molar-refractivity contribution in [2.45, 2.75) is 38.6 Å². The van der Waals surface area contributed by atoms with Crippen LogP contribution in [-0.4, -0.2) is 10.4 Å². The summed E-state index contributed by atoms with van der Waals surface area (Å²) in [6.07, 6.45) is 8.76. The highest BCUT2D eigenvalue weighted by atomic mass is 16.1. The molecule has 1 fully saturated rings. The van der Waals surface area contributed by atoms with Crippen molar-refractivity contribution in [3.63, 3.8) is 0 Å². The SMILES string of the molecule is O=C(c1cccc2ccccc12)c1cn(CC2CCCCC2)c2ccccc12. The summed E-state index contributed by atoms with van der Waals surface area (Å²) in [5.74, 6) is 0.848. The normalized spacial score (nSPS) is 15.3. The molecule has 2 nitrogen and oxygen atoms in total. The highest BCUT2D eigenvalue weighted by molar-refractivity contribution is 6.21. The molecule has 0 radical (unpaired) electrons. The standard InChI is InChI=1S/C26H25NO/c28-26(23-15-8-12-20-11-4-5-13-21(20)23)24-18-27(17-19-9-2-1-3-10-19)25-16-7-6-14-22(24)25/h4-8,11-16,18-19H,1-3,9-10,17H2. The van der Waals surface area contributed by atoms with Gasteiger partial charge in [0.15, 0.2) is 5.78 Å². The topological polar surface area (TPSA) is 22.0 Å². The highest BCUT2D eigenvalue weighted by Gasteiger charge is 2.20. The minimum Gasteiger partial charge on any atom is -0.346 e. The molecule has 0 N–H and O–H groups in total. The van der Waals surface area contributed by atoms with E-state index in [2.05, 4.69) is 41.1 Å². The van der Waals surface area contributed by atoms with Gasteiger partial charge in [-0.15, -0.1) is 0 Å². The minimum absolute atomic E-state index is 0.121. The summed E-state index contributed by atoms with van der Waals surface area (Å²) in [4.78, 5) is 13.6. The van der Waals surface area contributed by atoms with Crippen molar-refractivity contribution in [3.05, 3.63) is 84.1 Å². The Kier molecular flexibility index (Phi) is 4.48. The van der Waals surface area contributed by atoms with E-state index in [1.165, 1.54) is 37.6 Å². The summed E-state index contributed by atoms with van der Waals surface area (Å²) in [7, 11) is 0. The number of hydrogen-bond acceptors (Lipinski definition) is 1. The zero-order valence-electron chi connectivity index (χ0n) is 16.1. The van der Waals surface area contributed by atoms with Gasteiger partial charge in [0, 0.05) is 34.8 Å². The van der Waals surface area contributed by atoms with Crippen LogP contribution < -0.4 is 0 Å². The molecule has 140 valence electrons. The third-order valence-corrected chi connectivity index (χ3v) is 6.25. The molecule has 0 spiro atoms. The molecule has 0 saturated heterocycles. The number of ketones is 1. The monoisotopic (exact) mass is 367 g/mol. The Morgan fingerprint density at radius 1 is 0.786 bits per heavy atom. The Morgan fingerprint density at radius 2 is 1.50 bits per heavy atom. The van der Waals surface area contributed by atoms with Gasteiger partial charge in [-0.25, -0.2) is 0 Å². The van der Waals surface area contributed by atoms with E-state index < -0.39 is 0 Å². The Hall–Kier alpha value is -2.87. The first-order valence-corrected chi connectivity index (χ1v) is 10.4. The van der Waals surface area contributed by atoms with Crippen molar-refractivity contribution < 1.29 is 4.79 Å². The Labute approximate surface area is 165 Å². The molecule has 1 aliphatic carbocycles. The first-order chi connectivity index (χ1) is 13.8. The molecule has 1 heterocycles. The molecule has 4 aromatic rings. The molecule has 0 unspecified atom stereocenters. The first kappa shape index (κ1) is 17.2. The van der Waals surface area contributed by atoms with Crippen molar-refractivity contribution in [2.75, 3.05) is 0 Å². The van der Waals surface area contributed by atoms with Gasteiger partial charge in [-0.05, 0) is 35.6 Å². The Morgan fingerprint density at radius 3 is 2.36 bits per heavy atom. The third kappa shape index (κ3) is 3.03. The summed E-state index contributed by atoms with van der Waals surface area (Å²) >= 11 is 0. The maximum absolute atomic E-state index is 13.6. The number of hydrogen-bond donors (Lipinski definition) is 0. The van der Waals surface area contributed by atoms with E-state index in [4.69, 9.17) is 0 Å². The second-order valence-corrected chi connectivity index (χ2v) is 8.07. The number of nitrogens with zero attached hydrogens (tertiary/aromatic N) is 1.